The number of hydrogen-bond donors (Lipinski definition) is 3. The Bertz CT molecular complexity index is 531. The van der Waals surface area contributed by atoms with E-state index in [0.29, 0.717) is 13.1 Å². The lowest BCUT2D eigenvalue weighted by Crippen LogP contribution is -2.33. The van der Waals surface area contributed by atoms with Gasteiger partial charge in [0, 0.05) is 25.7 Å². The summed E-state index contributed by atoms with van der Waals surface area (Å²) in [7, 11) is -3.15. The molecule has 0 fully saturated rings. The molecule has 0 aromatic heterocycles. The van der Waals surface area contributed by atoms with E-state index in [1.807, 2.05) is 12.1 Å². The Labute approximate surface area is 121 Å². The van der Waals surface area contributed by atoms with E-state index in [-0.39, 0.29) is 11.8 Å². The average Bonchev–Trinajstić information content (AvgIpc) is 2.61. The molecule has 0 amide bonds. The van der Waals surface area contributed by atoms with Crippen molar-refractivity contribution in [2.24, 2.45) is 0 Å². The Morgan fingerprint density at radius 2 is 2.15 bits per heavy atom. The number of fused-ring (bicyclic) bond motifs is 1. The fourth-order valence-electron chi connectivity index (χ4n) is 2.53. The lowest BCUT2D eigenvalue weighted by atomic mass is 9.99. The quantitative estimate of drug-likeness (QED) is 0.725. The summed E-state index contributed by atoms with van der Waals surface area (Å²) < 4.78 is 25.8. The summed E-state index contributed by atoms with van der Waals surface area (Å²) >= 11 is 0. The zero-order valence-electron chi connectivity index (χ0n) is 11.9. The van der Waals surface area contributed by atoms with Crippen molar-refractivity contribution in [3.8, 4) is 0 Å². The molecule has 112 valence electrons. The summed E-state index contributed by atoms with van der Waals surface area (Å²) in [5.74, 6) is 0.118. The smallest absolute Gasteiger partial charge is 0.212 e. The van der Waals surface area contributed by atoms with Gasteiger partial charge >= 0.3 is 0 Å². The number of nitrogens with one attached hydrogen (secondary N) is 3. The third kappa shape index (κ3) is 4.28. The molecule has 1 aromatic rings. The molecule has 0 saturated carbocycles. The highest BCUT2D eigenvalue weighted by Gasteiger charge is 2.18. The molecule has 2 rings (SSSR count). The second-order valence-electron chi connectivity index (χ2n) is 4.99. The molecule has 0 aliphatic carbocycles. The Hall–Kier alpha value is -0.950. The first-order valence-corrected chi connectivity index (χ1v) is 8.77. The first-order valence-electron chi connectivity index (χ1n) is 7.11. The maximum atomic E-state index is 11.6. The van der Waals surface area contributed by atoms with E-state index in [1.165, 1.54) is 11.1 Å². The zero-order valence-corrected chi connectivity index (χ0v) is 12.7. The Kier molecular flexibility index (Phi) is 5.54. The first-order chi connectivity index (χ1) is 9.62. The fourth-order valence-corrected chi connectivity index (χ4v) is 3.50. The second kappa shape index (κ2) is 7.17. The molecule has 0 spiro atoms. The highest BCUT2D eigenvalue weighted by atomic mass is 32.2. The van der Waals surface area contributed by atoms with E-state index in [0.717, 1.165) is 19.5 Å². The van der Waals surface area contributed by atoms with Crippen LogP contribution in [0.2, 0.25) is 0 Å². The summed E-state index contributed by atoms with van der Waals surface area (Å²) in [6.45, 7) is 4.52. The molecule has 6 heteroatoms. The van der Waals surface area contributed by atoms with E-state index >= 15 is 0 Å². The predicted molar refractivity (Wildman–Crippen MR) is 81.0 cm³/mol. The highest BCUT2D eigenvalue weighted by molar-refractivity contribution is 7.89. The van der Waals surface area contributed by atoms with Crippen LogP contribution < -0.4 is 15.4 Å². The van der Waals surface area contributed by atoms with E-state index in [1.54, 1.807) is 6.92 Å². The van der Waals surface area contributed by atoms with Crippen LogP contribution in [0.15, 0.2) is 24.3 Å². The topological polar surface area (TPSA) is 70.2 Å². The van der Waals surface area contributed by atoms with Gasteiger partial charge in [0.15, 0.2) is 0 Å². The van der Waals surface area contributed by atoms with Crippen molar-refractivity contribution in [3.05, 3.63) is 35.4 Å². The normalized spacial score (nSPS) is 19.4. The van der Waals surface area contributed by atoms with Gasteiger partial charge in [0.2, 0.25) is 10.0 Å². The minimum atomic E-state index is -3.15. The summed E-state index contributed by atoms with van der Waals surface area (Å²) in [5.41, 5.74) is 2.57. The SMILES string of the molecule is CCNS(=O)(=O)CCNC1CCNCc2ccccc21. The molecule has 3 N–H and O–H groups in total. The van der Waals surface area contributed by atoms with Crippen molar-refractivity contribution in [3.63, 3.8) is 0 Å². The summed E-state index contributed by atoms with van der Waals surface area (Å²) in [6, 6.07) is 8.54. The van der Waals surface area contributed by atoms with Crippen LogP contribution in [0.25, 0.3) is 0 Å². The van der Waals surface area contributed by atoms with E-state index < -0.39 is 10.0 Å². The first kappa shape index (κ1) is 15.4. The van der Waals surface area contributed by atoms with Crippen molar-refractivity contribution < 1.29 is 8.42 Å². The third-order valence-corrected chi connectivity index (χ3v) is 4.95. The Balaban J connectivity index is 1.96. The van der Waals surface area contributed by atoms with Crippen LogP contribution in [0, 0.1) is 0 Å². The second-order valence-corrected chi connectivity index (χ2v) is 6.91. The largest absolute Gasteiger partial charge is 0.313 e. The molecule has 1 aliphatic heterocycles. The number of sulfonamides is 1. The Morgan fingerprint density at radius 3 is 2.95 bits per heavy atom. The molecule has 0 bridgehead atoms. The van der Waals surface area contributed by atoms with Crippen molar-refractivity contribution in [1.82, 2.24) is 15.4 Å². The summed E-state index contributed by atoms with van der Waals surface area (Å²) in [4.78, 5) is 0. The molecule has 20 heavy (non-hydrogen) atoms. The van der Waals surface area contributed by atoms with Gasteiger partial charge in [0.05, 0.1) is 5.75 Å². The average molecular weight is 297 g/mol. The third-order valence-electron chi connectivity index (χ3n) is 3.48. The van der Waals surface area contributed by atoms with Gasteiger partial charge in [-0.25, -0.2) is 13.1 Å². The molecule has 1 heterocycles. The molecular formula is C14H23N3O2S. The van der Waals surface area contributed by atoms with Gasteiger partial charge in [-0.05, 0) is 24.1 Å². The lowest BCUT2D eigenvalue weighted by Gasteiger charge is -2.19. The molecular weight excluding hydrogens is 274 g/mol. The number of rotatable bonds is 6. The molecule has 1 unspecified atom stereocenters. The van der Waals surface area contributed by atoms with Crippen LogP contribution in [0.5, 0.6) is 0 Å². The van der Waals surface area contributed by atoms with Gasteiger partial charge < -0.3 is 10.6 Å². The molecule has 1 atom stereocenters. The number of benzene rings is 1. The van der Waals surface area contributed by atoms with Crippen LogP contribution in [0.4, 0.5) is 0 Å². The van der Waals surface area contributed by atoms with Gasteiger partial charge in [-0.3, -0.25) is 0 Å². The molecule has 1 aromatic carbocycles. The minimum absolute atomic E-state index is 0.118. The van der Waals surface area contributed by atoms with Crippen molar-refractivity contribution in [2.75, 3.05) is 25.4 Å². The van der Waals surface area contributed by atoms with Crippen LogP contribution in [0.3, 0.4) is 0 Å². The van der Waals surface area contributed by atoms with E-state index in [4.69, 9.17) is 0 Å². The maximum absolute atomic E-state index is 11.6. The molecule has 0 radical (unpaired) electrons. The van der Waals surface area contributed by atoms with E-state index in [9.17, 15) is 8.42 Å². The zero-order chi connectivity index (χ0) is 14.4. The summed E-state index contributed by atoms with van der Waals surface area (Å²) in [5, 5.41) is 6.76. The van der Waals surface area contributed by atoms with Crippen LogP contribution in [0.1, 0.15) is 30.5 Å². The van der Waals surface area contributed by atoms with Gasteiger partial charge in [-0.15, -0.1) is 0 Å². The standard InChI is InChI=1S/C14H23N3O2S/c1-2-17-20(18,19)10-9-16-14-7-8-15-11-12-5-3-4-6-13(12)14/h3-6,14-17H,2,7-11H2,1H3. The van der Waals surface area contributed by atoms with Crippen molar-refractivity contribution >= 4 is 10.0 Å². The summed E-state index contributed by atoms with van der Waals surface area (Å²) in [6.07, 6.45) is 0.971. The van der Waals surface area contributed by atoms with E-state index in [2.05, 4.69) is 27.5 Å². The molecule has 5 nitrogen and oxygen atoms in total. The van der Waals surface area contributed by atoms with Gasteiger partial charge in [0.25, 0.3) is 0 Å². The van der Waals surface area contributed by atoms with Crippen molar-refractivity contribution in [2.45, 2.75) is 25.9 Å². The minimum Gasteiger partial charge on any atom is -0.313 e. The lowest BCUT2D eigenvalue weighted by molar-refractivity contribution is 0.506. The van der Waals surface area contributed by atoms with Gasteiger partial charge in [-0.2, -0.15) is 0 Å². The fraction of sp³-hybridized carbons (Fsp3) is 0.571. The van der Waals surface area contributed by atoms with Gasteiger partial charge in [0.1, 0.15) is 0 Å². The monoisotopic (exact) mass is 297 g/mol. The molecule has 0 saturated heterocycles. The predicted octanol–water partition coefficient (Wildman–Crippen LogP) is 0.750. The van der Waals surface area contributed by atoms with Gasteiger partial charge in [-0.1, -0.05) is 31.2 Å². The van der Waals surface area contributed by atoms with Crippen LogP contribution >= 0.6 is 0 Å². The molecule has 1 aliphatic rings. The van der Waals surface area contributed by atoms with Crippen molar-refractivity contribution in [1.29, 1.82) is 0 Å². The van der Waals surface area contributed by atoms with Crippen LogP contribution in [-0.4, -0.2) is 33.8 Å². The Morgan fingerprint density at radius 1 is 1.35 bits per heavy atom. The number of hydrogen-bond acceptors (Lipinski definition) is 4. The highest BCUT2D eigenvalue weighted by Crippen LogP contribution is 2.23. The van der Waals surface area contributed by atoms with Crippen LogP contribution in [-0.2, 0) is 16.6 Å². The maximum Gasteiger partial charge on any atom is 0.212 e.